The van der Waals surface area contributed by atoms with E-state index in [1.165, 1.54) is 51.4 Å². The SMILES string of the molecule is O=C(O)CCCS(=O)(=O)NC(=O)CCCCCCCCCCCCCCCC1N=NN=N1. The molecule has 1 aliphatic rings. The maximum absolute atomic E-state index is 11.7. The van der Waals surface area contributed by atoms with Crippen LogP contribution in [0, 0.1) is 0 Å². The van der Waals surface area contributed by atoms with Crippen molar-refractivity contribution in [3.8, 4) is 0 Å². The highest BCUT2D eigenvalue weighted by Gasteiger charge is 2.14. The minimum atomic E-state index is -3.73. The largest absolute Gasteiger partial charge is 0.481 e. The molecule has 1 amide bonds. The fourth-order valence-electron chi connectivity index (χ4n) is 3.55. The van der Waals surface area contributed by atoms with Crippen molar-refractivity contribution in [1.82, 2.24) is 4.72 Å². The van der Waals surface area contributed by atoms with Gasteiger partial charge in [0.25, 0.3) is 0 Å². The van der Waals surface area contributed by atoms with Crippen LogP contribution >= 0.6 is 0 Å². The van der Waals surface area contributed by atoms with Crippen molar-refractivity contribution in [2.75, 3.05) is 5.75 Å². The topological polar surface area (TPSA) is 150 Å². The van der Waals surface area contributed by atoms with E-state index in [4.69, 9.17) is 5.11 Å². The zero-order valence-electron chi connectivity index (χ0n) is 19.1. The van der Waals surface area contributed by atoms with Crippen LogP contribution in [-0.4, -0.2) is 37.3 Å². The number of nitrogens with zero attached hydrogens (tertiary/aromatic N) is 4. The summed E-state index contributed by atoms with van der Waals surface area (Å²) in [6.45, 7) is 0. The first-order valence-electron chi connectivity index (χ1n) is 11.9. The Bertz CT molecular complexity index is 685. The number of sulfonamides is 1. The standard InChI is InChI=1S/C21H39N5O5S/c27-20(24-32(30,31)18-14-17-21(28)29)16-13-11-9-7-5-3-1-2-4-6-8-10-12-15-19-22-25-26-23-19/h19H,1-18H2,(H,24,27)(H,28,29). The van der Waals surface area contributed by atoms with E-state index in [0.29, 0.717) is 6.42 Å². The number of hydrogen-bond acceptors (Lipinski definition) is 8. The Morgan fingerprint density at radius 1 is 0.688 bits per heavy atom. The number of nitrogens with one attached hydrogen (secondary N) is 1. The molecule has 0 aliphatic carbocycles. The highest BCUT2D eigenvalue weighted by molar-refractivity contribution is 7.90. The molecule has 0 spiro atoms. The van der Waals surface area contributed by atoms with Gasteiger partial charge in [-0.3, -0.25) is 14.3 Å². The van der Waals surface area contributed by atoms with Crippen LogP contribution in [0.3, 0.4) is 0 Å². The summed E-state index contributed by atoms with van der Waals surface area (Å²) in [4.78, 5) is 22.1. The highest BCUT2D eigenvalue weighted by Crippen LogP contribution is 2.16. The maximum atomic E-state index is 11.7. The zero-order chi connectivity index (χ0) is 23.5. The molecule has 1 rings (SSSR count). The van der Waals surface area contributed by atoms with Crippen LogP contribution < -0.4 is 4.72 Å². The predicted octanol–water partition coefficient (Wildman–Crippen LogP) is 5.31. The van der Waals surface area contributed by atoms with Gasteiger partial charge in [0.15, 0.2) is 6.17 Å². The molecule has 0 fully saturated rings. The molecule has 0 saturated heterocycles. The van der Waals surface area contributed by atoms with Gasteiger partial charge in [-0.25, -0.2) is 8.42 Å². The molecule has 0 aromatic rings. The summed E-state index contributed by atoms with van der Waals surface area (Å²) in [5.41, 5.74) is 0. The second kappa shape index (κ2) is 17.6. The summed E-state index contributed by atoms with van der Waals surface area (Å²) in [5, 5.41) is 23.4. The molecule has 11 heteroatoms. The van der Waals surface area contributed by atoms with Crippen molar-refractivity contribution >= 4 is 21.9 Å². The third-order valence-electron chi connectivity index (χ3n) is 5.35. The van der Waals surface area contributed by atoms with Crippen molar-refractivity contribution in [2.45, 2.75) is 115 Å². The fourth-order valence-corrected chi connectivity index (χ4v) is 4.63. The third kappa shape index (κ3) is 16.7. The summed E-state index contributed by atoms with van der Waals surface area (Å²) in [7, 11) is -3.73. The number of carboxylic acids is 1. The van der Waals surface area contributed by atoms with Gasteiger partial charge in [0, 0.05) is 12.8 Å². The van der Waals surface area contributed by atoms with Gasteiger partial charge in [-0.2, -0.15) is 0 Å². The predicted molar refractivity (Wildman–Crippen MR) is 122 cm³/mol. The van der Waals surface area contributed by atoms with Crippen molar-refractivity contribution < 1.29 is 23.1 Å². The third-order valence-corrected chi connectivity index (χ3v) is 6.71. The quantitative estimate of drug-likeness (QED) is 0.217. The second-order valence-corrected chi connectivity index (χ2v) is 10.2. The Morgan fingerprint density at radius 2 is 1.16 bits per heavy atom. The van der Waals surface area contributed by atoms with Gasteiger partial charge in [0.1, 0.15) is 0 Å². The van der Waals surface area contributed by atoms with Gasteiger partial charge in [-0.15, -0.1) is 10.2 Å². The van der Waals surface area contributed by atoms with E-state index in [2.05, 4.69) is 20.7 Å². The first kappa shape index (κ1) is 28.1. The zero-order valence-corrected chi connectivity index (χ0v) is 19.9. The van der Waals surface area contributed by atoms with E-state index < -0.39 is 21.9 Å². The molecular formula is C21H39N5O5S. The van der Waals surface area contributed by atoms with Crippen molar-refractivity contribution in [2.24, 2.45) is 20.7 Å². The molecule has 0 aromatic carbocycles. The van der Waals surface area contributed by atoms with Crippen LogP contribution in [0.5, 0.6) is 0 Å². The van der Waals surface area contributed by atoms with E-state index in [-0.39, 0.29) is 31.2 Å². The van der Waals surface area contributed by atoms with Crippen molar-refractivity contribution in [3.05, 3.63) is 0 Å². The number of carbonyl (C=O) groups is 2. The minimum absolute atomic E-state index is 0.000360. The monoisotopic (exact) mass is 473 g/mol. The van der Waals surface area contributed by atoms with Crippen LogP contribution in [0.2, 0.25) is 0 Å². The second-order valence-electron chi connectivity index (χ2n) is 8.37. The van der Waals surface area contributed by atoms with Crippen LogP contribution in [-0.2, 0) is 19.6 Å². The normalized spacial score (nSPS) is 13.6. The molecular weight excluding hydrogens is 434 g/mol. The summed E-state index contributed by atoms with van der Waals surface area (Å²) < 4.78 is 25.4. The molecule has 10 nitrogen and oxygen atoms in total. The summed E-state index contributed by atoms with van der Waals surface area (Å²) in [6.07, 6.45) is 15.8. The van der Waals surface area contributed by atoms with E-state index in [1.807, 2.05) is 4.72 Å². The molecule has 0 atom stereocenters. The van der Waals surface area contributed by atoms with Gasteiger partial charge in [-0.1, -0.05) is 70.6 Å². The van der Waals surface area contributed by atoms with Gasteiger partial charge >= 0.3 is 5.97 Å². The number of carbonyl (C=O) groups excluding carboxylic acids is 1. The van der Waals surface area contributed by atoms with E-state index in [9.17, 15) is 18.0 Å². The number of carboxylic acid groups (broad SMARTS) is 1. The van der Waals surface area contributed by atoms with Gasteiger partial charge in [0.2, 0.25) is 15.9 Å². The molecule has 0 radical (unpaired) electrons. The Kier molecular flexibility index (Phi) is 15.5. The number of rotatable bonds is 21. The first-order valence-corrected chi connectivity index (χ1v) is 13.6. The molecule has 2 N–H and O–H groups in total. The maximum Gasteiger partial charge on any atom is 0.303 e. The summed E-state index contributed by atoms with van der Waals surface area (Å²) >= 11 is 0. The molecule has 1 heterocycles. The molecule has 32 heavy (non-hydrogen) atoms. The van der Waals surface area contributed by atoms with E-state index >= 15 is 0 Å². The van der Waals surface area contributed by atoms with Crippen LogP contribution in [0.4, 0.5) is 0 Å². The van der Waals surface area contributed by atoms with Gasteiger partial charge < -0.3 is 5.11 Å². The van der Waals surface area contributed by atoms with Crippen molar-refractivity contribution in [3.63, 3.8) is 0 Å². The summed E-state index contributed by atoms with van der Waals surface area (Å²) in [6, 6.07) is 0. The Morgan fingerprint density at radius 3 is 1.66 bits per heavy atom. The minimum Gasteiger partial charge on any atom is -0.481 e. The van der Waals surface area contributed by atoms with Crippen LogP contribution in [0.1, 0.15) is 109 Å². The lowest BCUT2D eigenvalue weighted by molar-refractivity contribution is -0.137. The molecule has 184 valence electrons. The molecule has 0 saturated carbocycles. The van der Waals surface area contributed by atoms with Crippen LogP contribution in [0.15, 0.2) is 20.7 Å². The first-order chi connectivity index (χ1) is 15.4. The van der Waals surface area contributed by atoms with Crippen LogP contribution in [0.25, 0.3) is 0 Å². The van der Waals surface area contributed by atoms with E-state index in [0.717, 1.165) is 32.1 Å². The Balaban J connectivity index is 1.81. The number of unbranched alkanes of at least 4 members (excludes halogenated alkanes) is 12. The number of hydrogen-bond donors (Lipinski definition) is 2. The lowest BCUT2D eigenvalue weighted by atomic mass is 10.0. The lowest BCUT2D eigenvalue weighted by Crippen LogP contribution is -2.32. The lowest BCUT2D eigenvalue weighted by Gasteiger charge is -2.06. The van der Waals surface area contributed by atoms with Gasteiger partial charge in [0.05, 0.1) is 5.75 Å². The molecule has 1 aliphatic heterocycles. The fraction of sp³-hybridized carbons (Fsp3) is 0.905. The number of aliphatic carboxylic acids is 1. The van der Waals surface area contributed by atoms with Gasteiger partial charge in [-0.05, 0) is 36.1 Å². The Hall–Kier alpha value is -1.91. The average molecular weight is 474 g/mol. The molecule has 0 unspecified atom stereocenters. The van der Waals surface area contributed by atoms with E-state index in [1.54, 1.807) is 0 Å². The molecule has 0 aromatic heterocycles. The highest BCUT2D eigenvalue weighted by atomic mass is 32.2. The van der Waals surface area contributed by atoms with Crippen molar-refractivity contribution in [1.29, 1.82) is 0 Å². The smallest absolute Gasteiger partial charge is 0.303 e. The number of amides is 1. The molecule has 0 bridgehead atoms. The Labute approximate surface area is 191 Å². The summed E-state index contributed by atoms with van der Waals surface area (Å²) in [5.74, 6) is -1.89. The average Bonchev–Trinajstić information content (AvgIpc) is 3.23.